The Kier molecular flexibility index (Phi) is 9.53. The molecule has 2 amide bonds. The molecule has 5 nitrogen and oxygen atoms in total. The SMILES string of the molecule is COc1ccc(CCNC(=O)[C@@H](C)N(Cc2ccc(Cl)cc2)C(=O)CCc2ccccc2)cc1. The van der Waals surface area contributed by atoms with Crippen LogP contribution >= 0.6 is 11.6 Å². The minimum atomic E-state index is -0.602. The van der Waals surface area contributed by atoms with Gasteiger partial charge in [0.25, 0.3) is 0 Å². The summed E-state index contributed by atoms with van der Waals surface area (Å²) in [6, 6.07) is 24.4. The van der Waals surface area contributed by atoms with E-state index in [-0.39, 0.29) is 11.8 Å². The van der Waals surface area contributed by atoms with E-state index < -0.39 is 6.04 Å². The lowest BCUT2D eigenvalue weighted by atomic mass is 10.1. The van der Waals surface area contributed by atoms with Gasteiger partial charge < -0.3 is 15.0 Å². The van der Waals surface area contributed by atoms with E-state index in [1.807, 2.05) is 66.7 Å². The van der Waals surface area contributed by atoms with Gasteiger partial charge >= 0.3 is 0 Å². The highest BCUT2D eigenvalue weighted by Crippen LogP contribution is 2.16. The highest BCUT2D eigenvalue weighted by Gasteiger charge is 2.25. The fraction of sp³-hybridized carbons (Fsp3) is 0.286. The predicted octanol–water partition coefficient (Wildman–Crippen LogP) is 5.06. The van der Waals surface area contributed by atoms with Gasteiger partial charge in [0.15, 0.2) is 0 Å². The fourth-order valence-corrected chi connectivity index (χ4v) is 3.80. The van der Waals surface area contributed by atoms with Gasteiger partial charge in [-0.2, -0.15) is 0 Å². The van der Waals surface area contributed by atoms with Crippen molar-refractivity contribution in [3.05, 3.63) is 101 Å². The summed E-state index contributed by atoms with van der Waals surface area (Å²) in [5.74, 6) is 0.570. The molecule has 0 aliphatic carbocycles. The van der Waals surface area contributed by atoms with E-state index in [0.717, 1.165) is 22.4 Å². The van der Waals surface area contributed by atoms with Crippen LogP contribution in [0, 0.1) is 0 Å². The second-order valence-corrected chi connectivity index (χ2v) is 8.64. The number of hydrogen-bond acceptors (Lipinski definition) is 3. The summed E-state index contributed by atoms with van der Waals surface area (Å²) in [6.45, 7) is 2.61. The topological polar surface area (TPSA) is 58.6 Å². The Balaban J connectivity index is 1.62. The molecule has 0 aromatic heterocycles. The van der Waals surface area contributed by atoms with E-state index >= 15 is 0 Å². The maximum atomic E-state index is 13.2. The van der Waals surface area contributed by atoms with Crippen molar-refractivity contribution >= 4 is 23.4 Å². The maximum Gasteiger partial charge on any atom is 0.242 e. The number of rotatable bonds is 11. The third-order valence-electron chi connectivity index (χ3n) is 5.78. The lowest BCUT2D eigenvalue weighted by Gasteiger charge is -2.29. The molecule has 0 spiro atoms. The first kappa shape index (κ1) is 25.3. The number of nitrogens with one attached hydrogen (secondary N) is 1. The second-order valence-electron chi connectivity index (χ2n) is 8.20. The smallest absolute Gasteiger partial charge is 0.242 e. The molecule has 1 atom stereocenters. The Morgan fingerprint density at radius 2 is 1.50 bits per heavy atom. The normalized spacial score (nSPS) is 11.5. The quantitative estimate of drug-likeness (QED) is 0.419. The molecule has 0 heterocycles. The molecule has 6 heteroatoms. The monoisotopic (exact) mass is 478 g/mol. The van der Waals surface area contributed by atoms with Crippen LogP contribution < -0.4 is 10.1 Å². The molecule has 0 unspecified atom stereocenters. The van der Waals surface area contributed by atoms with Gasteiger partial charge in [0.05, 0.1) is 7.11 Å². The maximum absolute atomic E-state index is 13.2. The predicted molar refractivity (Wildman–Crippen MR) is 136 cm³/mol. The Morgan fingerprint density at radius 1 is 0.882 bits per heavy atom. The molecule has 0 saturated heterocycles. The molecule has 1 N–H and O–H groups in total. The van der Waals surface area contributed by atoms with Crippen molar-refractivity contribution in [1.82, 2.24) is 10.2 Å². The Labute approximate surface area is 206 Å². The zero-order valence-electron chi connectivity index (χ0n) is 19.7. The van der Waals surface area contributed by atoms with Crippen LogP contribution in [0.4, 0.5) is 0 Å². The van der Waals surface area contributed by atoms with Gasteiger partial charge in [-0.15, -0.1) is 0 Å². The number of aryl methyl sites for hydroxylation is 1. The van der Waals surface area contributed by atoms with Crippen LogP contribution in [0.3, 0.4) is 0 Å². The molecule has 0 radical (unpaired) electrons. The highest BCUT2D eigenvalue weighted by molar-refractivity contribution is 6.30. The Bertz CT molecular complexity index is 1050. The van der Waals surface area contributed by atoms with E-state index in [4.69, 9.17) is 16.3 Å². The van der Waals surface area contributed by atoms with E-state index in [1.54, 1.807) is 31.1 Å². The molecule has 178 valence electrons. The lowest BCUT2D eigenvalue weighted by molar-refractivity contribution is -0.140. The zero-order chi connectivity index (χ0) is 24.3. The summed E-state index contributed by atoms with van der Waals surface area (Å²) in [7, 11) is 1.63. The molecule has 3 rings (SSSR count). The van der Waals surface area contributed by atoms with Crippen LogP contribution in [-0.4, -0.2) is 36.4 Å². The minimum Gasteiger partial charge on any atom is -0.497 e. The number of halogens is 1. The summed E-state index contributed by atoms with van der Waals surface area (Å²) >= 11 is 6.01. The number of amides is 2. The number of ether oxygens (including phenoxy) is 1. The van der Waals surface area contributed by atoms with Gasteiger partial charge in [-0.1, -0.05) is 66.2 Å². The van der Waals surface area contributed by atoms with Gasteiger partial charge in [-0.05, 0) is 60.7 Å². The first-order valence-electron chi connectivity index (χ1n) is 11.4. The van der Waals surface area contributed by atoms with Crippen LogP contribution in [0.15, 0.2) is 78.9 Å². The van der Waals surface area contributed by atoms with Crippen LogP contribution in [0.1, 0.15) is 30.0 Å². The summed E-state index contributed by atoms with van der Waals surface area (Å²) in [5, 5.41) is 3.61. The number of carbonyl (C=O) groups is 2. The van der Waals surface area contributed by atoms with Crippen LogP contribution in [0.2, 0.25) is 5.02 Å². The van der Waals surface area contributed by atoms with Crippen LogP contribution in [-0.2, 0) is 29.0 Å². The summed E-state index contributed by atoms with van der Waals surface area (Å²) in [6.07, 6.45) is 1.66. The van der Waals surface area contributed by atoms with Crippen molar-refractivity contribution in [2.75, 3.05) is 13.7 Å². The average molecular weight is 479 g/mol. The third kappa shape index (κ3) is 7.63. The summed E-state index contributed by atoms with van der Waals surface area (Å²) in [5.41, 5.74) is 3.12. The number of nitrogens with zero attached hydrogens (tertiary/aromatic N) is 1. The van der Waals surface area contributed by atoms with E-state index in [9.17, 15) is 9.59 Å². The first-order valence-corrected chi connectivity index (χ1v) is 11.8. The van der Waals surface area contributed by atoms with Gasteiger partial charge in [-0.3, -0.25) is 9.59 Å². The number of benzene rings is 3. The zero-order valence-corrected chi connectivity index (χ0v) is 20.4. The van der Waals surface area contributed by atoms with E-state index in [0.29, 0.717) is 37.4 Å². The standard InChI is InChI=1S/C28H31ClN2O3/c1-21(28(33)30-19-18-23-10-15-26(34-2)16-11-23)31(20-24-8-13-25(29)14-9-24)27(32)17-12-22-6-4-3-5-7-22/h3-11,13-16,21H,12,17-20H2,1-2H3,(H,30,33)/t21-/m1/s1. The molecule has 0 aliphatic rings. The average Bonchev–Trinajstić information content (AvgIpc) is 2.87. The summed E-state index contributed by atoms with van der Waals surface area (Å²) in [4.78, 5) is 27.8. The van der Waals surface area contributed by atoms with Crippen molar-refractivity contribution in [1.29, 1.82) is 0 Å². The van der Waals surface area contributed by atoms with Crippen molar-refractivity contribution in [3.63, 3.8) is 0 Å². The van der Waals surface area contributed by atoms with E-state index in [1.165, 1.54) is 0 Å². The number of methoxy groups -OCH3 is 1. The molecule has 34 heavy (non-hydrogen) atoms. The van der Waals surface area contributed by atoms with Gasteiger partial charge in [0.1, 0.15) is 11.8 Å². The first-order chi connectivity index (χ1) is 16.5. The highest BCUT2D eigenvalue weighted by atomic mass is 35.5. The molecule has 0 saturated carbocycles. The van der Waals surface area contributed by atoms with Crippen molar-refractivity contribution in [2.45, 2.75) is 38.8 Å². The molecule has 0 fully saturated rings. The summed E-state index contributed by atoms with van der Waals surface area (Å²) < 4.78 is 5.18. The van der Waals surface area contributed by atoms with Crippen LogP contribution in [0.5, 0.6) is 5.75 Å². The third-order valence-corrected chi connectivity index (χ3v) is 6.03. The molecule has 3 aromatic rings. The lowest BCUT2D eigenvalue weighted by Crippen LogP contribution is -2.48. The van der Waals surface area contributed by atoms with E-state index in [2.05, 4.69) is 5.32 Å². The van der Waals surface area contributed by atoms with Gasteiger partial charge in [-0.25, -0.2) is 0 Å². The number of carbonyl (C=O) groups excluding carboxylic acids is 2. The number of hydrogen-bond donors (Lipinski definition) is 1. The second kappa shape index (κ2) is 12.8. The Hall–Kier alpha value is -3.31. The van der Waals surface area contributed by atoms with Gasteiger partial charge in [0, 0.05) is 24.5 Å². The molecular weight excluding hydrogens is 448 g/mol. The van der Waals surface area contributed by atoms with Crippen molar-refractivity contribution in [2.24, 2.45) is 0 Å². The van der Waals surface area contributed by atoms with Crippen molar-refractivity contribution in [3.8, 4) is 5.75 Å². The molecule has 0 bridgehead atoms. The Morgan fingerprint density at radius 3 is 2.15 bits per heavy atom. The molecular formula is C28H31ClN2O3. The fourth-order valence-electron chi connectivity index (χ4n) is 3.68. The minimum absolute atomic E-state index is 0.0587. The largest absolute Gasteiger partial charge is 0.497 e. The molecule has 0 aliphatic heterocycles. The molecule has 3 aromatic carbocycles. The van der Waals surface area contributed by atoms with Crippen LogP contribution in [0.25, 0.3) is 0 Å². The van der Waals surface area contributed by atoms with Crippen molar-refractivity contribution < 1.29 is 14.3 Å². The van der Waals surface area contributed by atoms with Gasteiger partial charge in [0.2, 0.25) is 11.8 Å².